The fraction of sp³-hybridized carbons (Fsp3) is 1.00. The van der Waals surface area contributed by atoms with Gasteiger partial charge in [-0.15, -0.1) is 0 Å². The highest BCUT2D eigenvalue weighted by Gasteiger charge is 2.38. The van der Waals surface area contributed by atoms with E-state index in [1.165, 1.54) is 32.1 Å². The number of hydrogen-bond donors (Lipinski definition) is 2. The maximum absolute atomic E-state index is 5.84. The van der Waals surface area contributed by atoms with E-state index in [2.05, 4.69) is 0 Å². The summed E-state index contributed by atoms with van der Waals surface area (Å²) >= 11 is 0. The van der Waals surface area contributed by atoms with Crippen LogP contribution in [0.15, 0.2) is 0 Å². The minimum Gasteiger partial charge on any atom is -0.373 e. The zero-order chi connectivity index (χ0) is 10.7. The summed E-state index contributed by atoms with van der Waals surface area (Å²) in [6.45, 7) is 2.60. The molecule has 1 saturated heterocycles. The van der Waals surface area contributed by atoms with Crippen molar-refractivity contribution in [2.45, 2.75) is 38.2 Å². The van der Waals surface area contributed by atoms with Crippen molar-refractivity contribution in [2.75, 3.05) is 19.7 Å². The fourth-order valence-corrected chi connectivity index (χ4v) is 3.09. The number of ether oxygens (including phenoxy) is 1. The molecule has 2 atom stereocenters. The lowest BCUT2D eigenvalue weighted by Crippen LogP contribution is -2.31. The molecule has 1 aliphatic heterocycles. The molecule has 3 nitrogen and oxygen atoms in total. The highest BCUT2D eigenvalue weighted by Crippen LogP contribution is 2.38. The molecule has 4 N–H and O–H groups in total. The molecule has 1 aliphatic carbocycles. The summed E-state index contributed by atoms with van der Waals surface area (Å²) in [5.41, 5.74) is 11.4. The van der Waals surface area contributed by atoms with Crippen LogP contribution < -0.4 is 11.5 Å². The molecule has 15 heavy (non-hydrogen) atoms. The van der Waals surface area contributed by atoms with Crippen LogP contribution in [-0.2, 0) is 4.74 Å². The van der Waals surface area contributed by atoms with E-state index in [1.807, 2.05) is 0 Å². The molecule has 0 bridgehead atoms. The lowest BCUT2D eigenvalue weighted by atomic mass is 9.74. The average molecular weight is 212 g/mol. The van der Waals surface area contributed by atoms with Gasteiger partial charge in [-0.25, -0.2) is 0 Å². The Bertz CT molecular complexity index is 186. The molecule has 0 amide bonds. The summed E-state index contributed by atoms with van der Waals surface area (Å²) in [5, 5.41) is 0. The van der Waals surface area contributed by atoms with Crippen molar-refractivity contribution >= 4 is 0 Å². The zero-order valence-corrected chi connectivity index (χ0v) is 9.53. The summed E-state index contributed by atoms with van der Waals surface area (Å²) in [6, 6.07) is 0. The third-order valence-electron chi connectivity index (χ3n) is 4.18. The summed E-state index contributed by atoms with van der Waals surface area (Å²) in [7, 11) is 0. The van der Waals surface area contributed by atoms with Gasteiger partial charge >= 0.3 is 0 Å². The van der Waals surface area contributed by atoms with E-state index in [1.54, 1.807) is 0 Å². The lowest BCUT2D eigenvalue weighted by Gasteiger charge is -2.32. The van der Waals surface area contributed by atoms with E-state index in [0.717, 1.165) is 31.5 Å². The van der Waals surface area contributed by atoms with Crippen molar-refractivity contribution in [1.82, 2.24) is 0 Å². The highest BCUT2D eigenvalue weighted by atomic mass is 16.6. The molecule has 88 valence electrons. The molecule has 2 fully saturated rings. The van der Waals surface area contributed by atoms with E-state index >= 15 is 0 Å². The summed E-state index contributed by atoms with van der Waals surface area (Å²) < 4.78 is 5.39. The molecular formula is C12H24N2O. The molecular weight excluding hydrogens is 188 g/mol. The van der Waals surface area contributed by atoms with Crippen molar-refractivity contribution in [3.8, 4) is 0 Å². The van der Waals surface area contributed by atoms with E-state index in [9.17, 15) is 0 Å². The lowest BCUT2D eigenvalue weighted by molar-refractivity contribution is 0.172. The Morgan fingerprint density at radius 3 is 2.27 bits per heavy atom. The second-order valence-corrected chi connectivity index (χ2v) is 5.13. The van der Waals surface area contributed by atoms with Crippen LogP contribution in [0.25, 0.3) is 0 Å². The van der Waals surface area contributed by atoms with E-state index < -0.39 is 0 Å². The van der Waals surface area contributed by atoms with Crippen molar-refractivity contribution < 1.29 is 4.74 Å². The number of epoxide rings is 1. The first-order valence-corrected chi connectivity index (χ1v) is 6.37. The molecule has 0 radical (unpaired) electrons. The molecule has 1 heterocycles. The largest absolute Gasteiger partial charge is 0.373 e. The van der Waals surface area contributed by atoms with Gasteiger partial charge in [0.05, 0.1) is 12.7 Å². The molecule has 0 aromatic heterocycles. The SMILES string of the molecule is NCCC1CCC(C(CN)C2CO2)CC1. The van der Waals surface area contributed by atoms with Gasteiger partial charge in [-0.1, -0.05) is 12.8 Å². The third kappa shape index (κ3) is 2.92. The van der Waals surface area contributed by atoms with Gasteiger partial charge in [0.25, 0.3) is 0 Å². The van der Waals surface area contributed by atoms with Crippen LogP contribution in [0.2, 0.25) is 0 Å². The normalized spacial score (nSPS) is 37.6. The van der Waals surface area contributed by atoms with Gasteiger partial charge in [-0.2, -0.15) is 0 Å². The van der Waals surface area contributed by atoms with Crippen molar-refractivity contribution in [1.29, 1.82) is 0 Å². The van der Waals surface area contributed by atoms with Gasteiger partial charge in [0.1, 0.15) is 0 Å². The van der Waals surface area contributed by atoms with Crippen LogP contribution in [0, 0.1) is 17.8 Å². The van der Waals surface area contributed by atoms with Gasteiger partial charge < -0.3 is 16.2 Å². The standard InChI is InChI=1S/C12H24N2O/c13-6-5-9-1-3-10(4-2-9)11(7-14)12-8-15-12/h9-12H,1-8,13-14H2. The third-order valence-corrected chi connectivity index (χ3v) is 4.18. The monoisotopic (exact) mass is 212 g/mol. The van der Waals surface area contributed by atoms with Crippen LogP contribution in [-0.4, -0.2) is 25.8 Å². The summed E-state index contributed by atoms with van der Waals surface area (Å²) in [4.78, 5) is 0. The smallest absolute Gasteiger partial charge is 0.0852 e. The van der Waals surface area contributed by atoms with Crippen molar-refractivity contribution in [3.05, 3.63) is 0 Å². The Morgan fingerprint density at radius 2 is 1.80 bits per heavy atom. The number of nitrogens with two attached hydrogens (primary N) is 2. The van der Waals surface area contributed by atoms with E-state index in [-0.39, 0.29) is 0 Å². The molecule has 2 rings (SSSR count). The van der Waals surface area contributed by atoms with Crippen LogP contribution in [0.4, 0.5) is 0 Å². The van der Waals surface area contributed by atoms with Gasteiger partial charge in [0.15, 0.2) is 0 Å². The van der Waals surface area contributed by atoms with E-state index in [0.29, 0.717) is 12.0 Å². The maximum atomic E-state index is 5.84. The Balaban J connectivity index is 1.76. The van der Waals surface area contributed by atoms with Crippen LogP contribution in [0.3, 0.4) is 0 Å². The number of hydrogen-bond acceptors (Lipinski definition) is 3. The second-order valence-electron chi connectivity index (χ2n) is 5.13. The molecule has 2 aliphatic rings. The van der Waals surface area contributed by atoms with Crippen molar-refractivity contribution in [2.24, 2.45) is 29.2 Å². The predicted octanol–water partition coefficient (Wildman–Crippen LogP) is 1.12. The van der Waals surface area contributed by atoms with Crippen molar-refractivity contribution in [3.63, 3.8) is 0 Å². The van der Waals surface area contributed by atoms with Gasteiger partial charge in [0.2, 0.25) is 0 Å². The van der Waals surface area contributed by atoms with Crippen LogP contribution in [0.1, 0.15) is 32.1 Å². The quantitative estimate of drug-likeness (QED) is 0.671. The van der Waals surface area contributed by atoms with Gasteiger partial charge in [-0.3, -0.25) is 0 Å². The fourth-order valence-electron chi connectivity index (χ4n) is 3.09. The summed E-state index contributed by atoms with van der Waals surface area (Å²) in [5.74, 6) is 2.32. The van der Waals surface area contributed by atoms with Gasteiger partial charge in [0, 0.05) is 5.92 Å². The topological polar surface area (TPSA) is 64.6 Å². The predicted molar refractivity (Wildman–Crippen MR) is 61.4 cm³/mol. The van der Waals surface area contributed by atoms with E-state index in [4.69, 9.17) is 16.2 Å². The Hall–Kier alpha value is -0.120. The average Bonchev–Trinajstić information content (AvgIpc) is 3.06. The van der Waals surface area contributed by atoms with Gasteiger partial charge in [-0.05, 0) is 44.2 Å². The highest BCUT2D eigenvalue weighted by molar-refractivity contribution is 4.87. The van der Waals surface area contributed by atoms with Crippen LogP contribution >= 0.6 is 0 Å². The maximum Gasteiger partial charge on any atom is 0.0852 e. The molecule has 0 spiro atoms. The molecule has 2 unspecified atom stereocenters. The minimum absolute atomic E-state index is 0.492. The Morgan fingerprint density at radius 1 is 1.13 bits per heavy atom. The zero-order valence-electron chi connectivity index (χ0n) is 9.53. The Labute approximate surface area is 92.5 Å². The minimum atomic E-state index is 0.492. The first-order valence-electron chi connectivity index (χ1n) is 6.37. The first kappa shape index (κ1) is 11.4. The molecule has 3 heteroatoms. The van der Waals surface area contributed by atoms with Crippen LogP contribution in [0.5, 0.6) is 0 Å². The molecule has 1 saturated carbocycles. The number of rotatable bonds is 5. The molecule has 0 aromatic carbocycles. The summed E-state index contributed by atoms with van der Waals surface area (Å²) in [6.07, 6.45) is 7.08. The second kappa shape index (κ2) is 5.28. The first-order chi connectivity index (χ1) is 7.35. The molecule has 0 aromatic rings. The Kier molecular flexibility index (Phi) is 4.00.